The third kappa shape index (κ3) is 6.85. The zero-order valence-corrected chi connectivity index (χ0v) is 23.5. The molecule has 1 N–H and O–H groups in total. The van der Waals surface area contributed by atoms with E-state index in [9.17, 15) is 10.1 Å². The maximum atomic E-state index is 12.6. The van der Waals surface area contributed by atoms with E-state index in [-0.39, 0.29) is 5.57 Å². The number of ether oxygens (including phenoxy) is 1. The molecule has 3 aromatic carbocycles. The molecule has 33 heavy (non-hydrogen) atoms. The molecule has 0 atom stereocenters. The van der Waals surface area contributed by atoms with Gasteiger partial charge in [0.25, 0.3) is 5.91 Å². The van der Waals surface area contributed by atoms with E-state index >= 15 is 0 Å². The summed E-state index contributed by atoms with van der Waals surface area (Å²) >= 11 is 16.5. The SMILES string of the molecule is Cc1ccc(NC(=O)/C(C#N)=C/c2cc(I)c(OCc3ccc(Cl)cc3Cl)c(I)c2)cc1C. The Balaban J connectivity index is 1.78. The lowest BCUT2D eigenvalue weighted by Crippen LogP contribution is -2.13. The van der Waals surface area contributed by atoms with Crippen molar-refractivity contribution in [2.75, 3.05) is 5.32 Å². The molecule has 3 rings (SSSR count). The highest BCUT2D eigenvalue weighted by molar-refractivity contribution is 14.1. The molecule has 0 spiro atoms. The van der Waals surface area contributed by atoms with Crippen molar-refractivity contribution in [3.63, 3.8) is 0 Å². The molecule has 4 nitrogen and oxygen atoms in total. The number of rotatable bonds is 6. The average molecular weight is 703 g/mol. The predicted molar refractivity (Wildman–Crippen MR) is 151 cm³/mol. The second kappa shape index (κ2) is 11.6. The highest BCUT2D eigenvalue weighted by Gasteiger charge is 2.14. The summed E-state index contributed by atoms with van der Waals surface area (Å²) in [6.45, 7) is 4.27. The third-order valence-corrected chi connectivity index (χ3v) is 7.04. The van der Waals surface area contributed by atoms with E-state index in [1.807, 2.05) is 56.3 Å². The lowest BCUT2D eigenvalue weighted by atomic mass is 10.1. The molecule has 0 bridgehead atoms. The first kappa shape index (κ1) is 25.8. The Labute approximate surface area is 230 Å². The van der Waals surface area contributed by atoms with E-state index in [2.05, 4.69) is 50.5 Å². The van der Waals surface area contributed by atoms with E-state index in [4.69, 9.17) is 27.9 Å². The van der Waals surface area contributed by atoms with Gasteiger partial charge in [-0.05, 0) is 118 Å². The molecule has 0 unspecified atom stereocenters. The van der Waals surface area contributed by atoms with Crippen LogP contribution in [0, 0.1) is 32.3 Å². The zero-order valence-electron chi connectivity index (χ0n) is 17.7. The fraction of sp³-hybridized carbons (Fsp3) is 0.120. The minimum atomic E-state index is -0.455. The van der Waals surface area contributed by atoms with Gasteiger partial charge in [-0.2, -0.15) is 5.26 Å². The molecule has 0 aliphatic carbocycles. The van der Waals surface area contributed by atoms with Gasteiger partial charge < -0.3 is 10.1 Å². The van der Waals surface area contributed by atoms with Crippen molar-refractivity contribution < 1.29 is 9.53 Å². The molecule has 1 amide bonds. The van der Waals surface area contributed by atoms with Crippen molar-refractivity contribution in [1.82, 2.24) is 0 Å². The Hall–Kier alpha value is -1.80. The molecule has 168 valence electrons. The Morgan fingerprint density at radius 2 is 1.76 bits per heavy atom. The summed E-state index contributed by atoms with van der Waals surface area (Å²) in [5.74, 6) is 0.251. The van der Waals surface area contributed by atoms with Gasteiger partial charge in [-0.15, -0.1) is 0 Å². The molecule has 8 heteroatoms. The van der Waals surface area contributed by atoms with Gasteiger partial charge >= 0.3 is 0 Å². The number of nitriles is 1. The first-order chi connectivity index (χ1) is 15.7. The number of carbonyl (C=O) groups is 1. The van der Waals surface area contributed by atoms with Crippen LogP contribution in [-0.2, 0) is 11.4 Å². The Morgan fingerprint density at radius 3 is 2.36 bits per heavy atom. The number of nitrogens with zero attached hydrogens (tertiary/aromatic N) is 1. The number of nitrogens with one attached hydrogen (secondary N) is 1. The van der Waals surface area contributed by atoms with Crippen molar-refractivity contribution in [1.29, 1.82) is 5.26 Å². The van der Waals surface area contributed by atoms with Crippen LogP contribution in [0.15, 0.2) is 54.1 Å². The van der Waals surface area contributed by atoms with Crippen LogP contribution in [0.2, 0.25) is 10.0 Å². The first-order valence-corrected chi connectivity index (χ1v) is 12.7. The van der Waals surface area contributed by atoms with Crippen LogP contribution in [0.1, 0.15) is 22.3 Å². The molecule has 0 saturated carbocycles. The summed E-state index contributed by atoms with van der Waals surface area (Å²) in [4.78, 5) is 12.6. The molecule has 0 aromatic heterocycles. The van der Waals surface area contributed by atoms with Crippen LogP contribution >= 0.6 is 68.4 Å². The number of benzene rings is 3. The molecule has 0 radical (unpaired) electrons. The van der Waals surface area contributed by atoms with Gasteiger partial charge in [0.15, 0.2) is 0 Å². The predicted octanol–water partition coefficient (Wildman–Crippen LogP) is 7.94. The number of anilines is 1. The van der Waals surface area contributed by atoms with E-state index in [1.165, 1.54) is 0 Å². The molecule has 3 aromatic rings. The zero-order chi connectivity index (χ0) is 24.1. The maximum absolute atomic E-state index is 12.6. The molecule has 0 aliphatic heterocycles. The average Bonchev–Trinajstić information content (AvgIpc) is 2.75. The van der Waals surface area contributed by atoms with Crippen LogP contribution < -0.4 is 10.1 Å². The molecule has 0 aliphatic rings. The van der Waals surface area contributed by atoms with Crippen molar-refractivity contribution in [3.05, 3.63) is 93.5 Å². The fourth-order valence-electron chi connectivity index (χ4n) is 2.92. The molecule has 0 fully saturated rings. The van der Waals surface area contributed by atoms with Gasteiger partial charge in [0.2, 0.25) is 0 Å². The molecule has 0 heterocycles. The highest BCUT2D eigenvalue weighted by atomic mass is 127. The monoisotopic (exact) mass is 702 g/mol. The lowest BCUT2D eigenvalue weighted by molar-refractivity contribution is -0.112. The quantitative estimate of drug-likeness (QED) is 0.161. The van der Waals surface area contributed by atoms with Crippen molar-refractivity contribution in [3.8, 4) is 11.8 Å². The van der Waals surface area contributed by atoms with Crippen molar-refractivity contribution >= 4 is 86.1 Å². The van der Waals surface area contributed by atoms with E-state index in [0.717, 1.165) is 29.4 Å². The van der Waals surface area contributed by atoms with Crippen LogP contribution in [0.25, 0.3) is 6.08 Å². The minimum absolute atomic E-state index is 0.0152. The lowest BCUT2D eigenvalue weighted by Gasteiger charge is -2.13. The summed E-state index contributed by atoms with van der Waals surface area (Å²) in [7, 11) is 0. The number of aryl methyl sites for hydroxylation is 2. The number of hydrogen-bond donors (Lipinski definition) is 1. The van der Waals surface area contributed by atoms with Crippen LogP contribution in [0.4, 0.5) is 5.69 Å². The van der Waals surface area contributed by atoms with Gasteiger partial charge in [0, 0.05) is 21.3 Å². The minimum Gasteiger partial charge on any atom is -0.487 e. The summed E-state index contributed by atoms with van der Waals surface area (Å²) in [6.07, 6.45) is 1.57. The third-order valence-electron chi connectivity index (χ3n) is 4.85. The second-order valence-electron chi connectivity index (χ2n) is 7.26. The second-order valence-corrected chi connectivity index (χ2v) is 10.4. The van der Waals surface area contributed by atoms with Gasteiger partial charge in [0.05, 0.1) is 7.14 Å². The summed E-state index contributed by atoms with van der Waals surface area (Å²) in [5, 5.41) is 13.5. The summed E-state index contributed by atoms with van der Waals surface area (Å²) in [6, 6.07) is 16.6. The van der Waals surface area contributed by atoms with Crippen LogP contribution in [0.3, 0.4) is 0 Å². The van der Waals surface area contributed by atoms with Crippen molar-refractivity contribution in [2.45, 2.75) is 20.5 Å². The highest BCUT2D eigenvalue weighted by Crippen LogP contribution is 2.31. The Morgan fingerprint density at radius 1 is 1.06 bits per heavy atom. The largest absolute Gasteiger partial charge is 0.487 e. The normalized spacial score (nSPS) is 11.1. The summed E-state index contributed by atoms with van der Waals surface area (Å²) < 4.78 is 7.70. The van der Waals surface area contributed by atoms with Gasteiger partial charge in [0.1, 0.15) is 24.0 Å². The van der Waals surface area contributed by atoms with E-state index < -0.39 is 5.91 Å². The molecule has 0 saturated heterocycles. The Kier molecular flexibility index (Phi) is 9.04. The first-order valence-electron chi connectivity index (χ1n) is 9.74. The number of hydrogen-bond acceptors (Lipinski definition) is 3. The molecular weight excluding hydrogens is 685 g/mol. The van der Waals surface area contributed by atoms with Gasteiger partial charge in [-0.1, -0.05) is 35.3 Å². The standard InChI is InChI=1S/C25H18Cl2I2N2O2/c1-14-3-6-20(7-15(14)2)31-25(32)18(12-30)8-16-9-22(28)24(23(29)10-16)33-13-17-4-5-19(26)11-21(17)27/h3-11H,13H2,1-2H3,(H,31,32)/b18-8+. The number of halogens is 4. The van der Waals surface area contributed by atoms with E-state index in [0.29, 0.717) is 28.1 Å². The number of carbonyl (C=O) groups excluding carboxylic acids is 1. The van der Waals surface area contributed by atoms with Crippen LogP contribution in [-0.4, -0.2) is 5.91 Å². The molecular formula is C25H18Cl2I2N2O2. The van der Waals surface area contributed by atoms with Gasteiger partial charge in [-0.3, -0.25) is 4.79 Å². The smallest absolute Gasteiger partial charge is 0.266 e. The fourth-order valence-corrected chi connectivity index (χ4v) is 5.51. The van der Waals surface area contributed by atoms with Crippen LogP contribution in [0.5, 0.6) is 5.75 Å². The Bertz CT molecular complexity index is 1280. The van der Waals surface area contributed by atoms with Crippen molar-refractivity contribution in [2.24, 2.45) is 0 Å². The topological polar surface area (TPSA) is 62.1 Å². The maximum Gasteiger partial charge on any atom is 0.266 e. The van der Waals surface area contributed by atoms with Gasteiger partial charge in [-0.25, -0.2) is 0 Å². The summed E-state index contributed by atoms with van der Waals surface area (Å²) in [5.41, 5.74) is 4.42. The number of amides is 1. The van der Waals surface area contributed by atoms with E-state index in [1.54, 1.807) is 18.2 Å².